The van der Waals surface area contributed by atoms with Gasteiger partial charge in [0.05, 0.1) is 22.2 Å². The van der Waals surface area contributed by atoms with E-state index in [1.54, 1.807) is 16.8 Å². The van der Waals surface area contributed by atoms with Crippen LogP contribution in [0.5, 0.6) is 11.5 Å². The van der Waals surface area contributed by atoms with Gasteiger partial charge in [-0.05, 0) is 75.8 Å². The molecule has 5 nitrogen and oxygen atoms in total. The van der Waals surface area contributed by atoms with Crippen molar-refractivity contribution in [2.45, 2.75) is 25.7 Å². The molecule has 0 amide bonds. The van der Waals surface area contributed by atoms with Gasteiger partial charge in [0.2, 0.25) is 0 Å². The van der Waals surface area contributed by atoms with E-state index < -0.39 is 12.1 Å². The van der Waals surface area contributed by atoms with Gasteiger partial charge in [-0.15, -0.1) is 29.6 Å². The Morgan fingerprint density at radius 1 is 0.641 bits per heavy atom. The Bertz CT molecular complexity index is 3730. The zero-order valence-electron chi connectivity index (χ0n) is 40.9. The van der Waals surface area contributed by atoms with E-state index in [0.717, 1.165) is 44.5 Å². The molecule has 0 bridgehead atoms. The van der Waals surface area contributed by atoms with Gasteiger partial charge in [0.15, 0.2) is 0 Å². The monoisotopic (exact) mass is 1010 g/mol. The van der Waals surface area contributed by atoms with Crippen LogP contribution in [0.3, 0.4) is 0 Å². The fourth-order valence-corrected chi connectivity index (χ4v) is 8.60. The van der Waals surface area contributed by atoms with Crippen molar-refractivity contribution in [2.75, 3.05) is 0 Å². The van der Waals surface area contributed by atoms with Crippen LogP contribution in [0.2, 0.25) is 0 Å². The molecule has 0 N–H and O–H groups in total. The summed E-state index contributed by atoms with van der Waals surface area (Å²) in [6.45, 7) is 4.35. The third-order valence-corrected chi connectivity index (χ3v) is 11.6. The van der Waals surface area contributed by atoms with Gasteiger partial charge in [-0.2, -0.15) is 18.2 Å². The maximum Gasteiger partial charge on any atom is 0.268 e. The molecule has 0 aliphatic carbocycles. The average Bonchev–Trinajstić information content (AvgIpc) is 3.94. The molecule has 0 aliphatic heterocycles. The first kappa shape index (κ1) is 34.2. The first-order valence-corrected chi connectivity index (χ1v) is 20.9. The number of ether oxygens (including phenoxy) is 1. The van der Waals surface area contributed by atoms with Crippen LogP contribution in [0.4, 0.5) is 0 Å². The SMILES string of the molecule is [2H]c1c(Oc2[c-]c(-n3[c-][n+](-c4c(-c5ccccc5)cccc4-c4ccccc4)c4ccccc43)ccc2)[c-]c2c(c1[2H])c1c([2H])c([2H])c([2H])c([2H])c1n2-c1cc(CC(C)(C)c2ccccc2)ccn1.[Pt]. The van der Waals surface area contributed by atoms with Crippen molar-refractivity contribution in [1.82, 2.24) is 14.1 Å². The van der Waals surface area contributed by atoms with Crippen LogP contribution in [0.1, 0.15) is 33.2 Å². The molecule has 3 aromatic heterocycles. The minimum atomic E-state index is -0.439. The number of benzene rings is 8. The van der Waals surface area contributed by atoms with Crippen molar-refractivity contribution in [3.8, 4) is 50.9 Å². The molecule has 11 rings (SSSR count). The van der Waals surface area contributed by atoms with Gasteiger partial charge in [-0.25, -0.2) is 4.98 Å². The van der Waals surface area contributed by atoms with Crippen LogP contribution in [-0.4, -0.2) is 14.1 Å². The van der Waals surface area contributed by atoms with E-state index >= 15 is 0 Å². The van der Waals surface area contributed by atoms with E-state index in [1.165, 1.54) is 5.56 Å². The Morgan fingerprint density at radius 2 is 1.31 bits per heavy atom. The first-order valence-electron chi connectivity index (χ1n) is 23.9. The molecule has 0 atom stereocenters. The molecule has 0 unspecified atom stereocenters. The van der Waals surface area contributed by atoms with Gasteiger partial charge in [0.25, 0.3) is 6.33 Å². The number of fused-ring (bicyclic) bond motifs is 4. The summed E-state index contributed by atoms with van der Waals surface area (Å²) in [7, 11) is 0. The second-order valence-corrected chi connectivity index (χ2v) is 16.1. The minimum absolute atomic E-state index is 0. The van der Waals surface area contributed by atoms with Crippen molar-refractivity contribution in [2.24, 2.45) is 0 Å². The van der Waals surface area contributed by atoms with Gasteiger partial charge in [0.1, 0.15) is 5.82 Å². The van der Waals surface area contributed by atoms with Crippen LogP contribution in [0.25, 0.3) is 72.3 Å². The Labute approximate surface area is 396 Å². The topological polar surface area (TPSA) is 35.9 Å². The molecule has 0 spiro atoms. The number of nitrogens with zero attached hydrogens (tertiary/aromatic N) is 4. The summed E-state index contributed by atoms with van der Waals surface area (Å²) in [4.78, 5) is 4.74. The molecular weight excluding hydrogens is 964 g/mol. The molecule has 6 heteroatoms. The number of rotatable bonds is 10. The Kier molecular flexibility index (Phi) is 9.13. The second-order valence-electron chi connectivity index (χ2n) is 16.1. The molecule has 64 heavy (non-hydrogen) atoms. The van der Waals surface area contributed by atoms with Gasteiger partial charge in [-0.1, -0.05) is 171 Å². The zero-order valence-corrected chi connectivity index (χ0v) is 37.2. The van der Waals surface area contributed by atoms with Crippen molar-refractivity contribution in [3.63, 3.8) is 0 Å². The Hall–Kier alpha value is -7.33. The van der Waals surface area contributed by atoms with Gasteiger partial charge >= 0.3 is 0 Å². The smallest absolute Gasteiger partial charge is 0.268 e. The average molecular weight is 1010 g/mol. The van der Waals surface area contributed by atoms with Crippen LogP contribution in [-0.2, 0) is 32.9 Å². The minimum Gasteiger partial charge on any atom is -0.510 e. The summed E-state index contributed by atoms with van der Waals surface area (Å²) in [5.41, 5.74) is 9.75. The Morgan fingerprint density at radius 3 is 2.06 bits per heavy atom. The van der Waals surface area contributed by atoms with Crippen LogP contribution < -0.4 is 9.30 Å². The van der Waals surface area contributed by atoms with E-state index in [4.69, 9.17) is 15.2 Å². The summed E-state index contributed by atoms with van der Waals surface area (Å²) >= 11 is 0. The normalized spacial score (nSPS) is 12.8. The van der Waals surface area contributed by atoms with Crippen LogP contribution >= 0.6 is 0 Å². The fraction of sp³-hybridized carbons (Fsp3) is 0.0690. The van der Waals surface area contributed by atoms with E-state index in [1.807, 2.05) is 102 Å². The maximum absolute atomic E-state index is 9.41. The summed E-state index contributed by atoms with van der Waals surface area (Å²) in [6, 6.07) is 59.2. The largest absolute Gasteiger partial charge is 0.510 e. The molecule has 8 aromatic carbocycles. The summed E-state index contributed by atoms with van der Waals surface area (Å²) in [5.74, 6) is 0.544. The number of para-hydroxylation sites is 4. The number of hydrogen-bond donors (Lipinski definition) is 0. The number of pyridine rings is 1. The summed E-state index contributed by atoms with van der Waals surface area (Å²) in [6.07, 6.45) is 5.99. The molecular formula is C58H42N4OPt-2. The number of hydrogen-bond acceptors (Lipinski definition) is 2. The van der Waals surface area contributed by atoms with Gasteiger partial charge in [0, 0.05) is 45.6 Å². The summed E-state index contributed by atoms with van der Waals surface area (Å²) < 4.78 is 66.3. The standard InChI is InChI=1S/C58H42N4O.Pt/c1-58(2,44-22-10-5-11-23-44)39-41-34-35-59-56(36-41)62-52-29-13-12-26-50(52)51-33-32-47(38-55(51)62)63-46-25-16-24-45(37-46)60-40-61(54-31-15-14-30-53(54)60)57-48(42-18-6-3-7-19-42)27-17-28-49(57)43-20-8-4-9-21-43;/h3-36H,39H2,1-2H3;/q-2;/i12D,13D,26D,29D,32D,33D;. The molecule has 11 aromatic rings. The molecule has 0 radical (unpaired) electrons. The molecule has 0 fully saturated rings. The molecule has 0 saturated carbocycles. The van der Waals surface area contributed by atoms with Gasteiger partial charge < -0.3 is 13.9 Å². The third-order valence-electron chi connectivity index (χ3n) is 11.6. The molecule has 0 saturated heterocycles. The predicted molar refractivity (Wildman–Crippen MR) is 254 cm³/mol. The van der Waals surface area contributed by atoms with Crippen LogP contribution in [0, 0.1) is 18.5 Å². The number of aromatic nitrogens is 4. The van der Waals surface area contributed by atoms with Gasteiger partial charge in [-0.3, -0.25) is 4.57 Å². The van der Waals surface area contributed by atoms with E-state index in [0.29, 0.717) is 17.9 Å². The van der Waals surface area contributed by atoms with E-state index in [-0.39, 0.29) is 84.0 Å². The fourth-order valence-electron chi connectivity index (χ4n) is 8.60. The molecule has 0 aliphatic rings. The maximum atomic E-state index is 9.41. The number of imidazole rings is 1. The molecule has 3 heterocycles. The van der Waals surface area contributed by atoms with E-state index in [9.17, 15) is 2.74 Å². The van der Waals surface area contributed by atoms with Crippen molar-refractivity contribution in [3.05, 3.63) is 236 Å². The van der Waals surface area contributed by atoms with Crippen molar-refractivity contribution >= 4 is 32.8 Å². The van der Waals surface area contributed by atoms with E-state index in [2.05, 4.69) is 97.5 Å². The van der Waals surface area contributed by atoms with Crippen molar-refractivity contribution in [1.29, 1.82) is 0 Å². The molecule has 312 valence electrons. The third kappa shape index (κ3) is 7.52. The predicted octanol–water partition coefficient (Wildman–Crippen LogP) is 13.4. The van der Waals surface area contributed by atoms with Crippen molar-refractivity contribution < 1.29 is 38.6 Å². The summed E-state index contributed by atoms with van der Waals surface area (Å²) in [5, 5.41) is 0.253. The first-order chi connectivity index (χ1) is 33.5. The van der Waals surface area contributed by atoms with Crippen LogP contribution in [0.15, 0.2) is 206 Å². The second kappa shape index (κ2) is 17.1. The zero-order chi connectivity index (χ0) is 47.6. The quantitative estimate of drug-likeness (QED) is 0.101. The Balaban J connectivity index is 0.00000567.